The number of halogens is 7. The van der Waals surface area contributed by atoms with Crippen molar-refractivity contribution < 1.29 is 37.5 Å². The highest BCUT2D eigenvalue weighted by atomic mass is 32.5. The monoisotopic (exact) mass is 576 g/mol. The number of aromatic nitrogens is 4. The summed E-state index contributed by atoms with van der Waals surface area (Å²) in [5.74, 6) is -4.88. The van der Waals surface area contributed by atoms with Gasteiger partial charge in [-0.1, -0.05) is 19.4 Å². The third-order valence-electron chi connectivity index (χ3n) is 6.97. The van der Waals surface area contributed by atoms with Gasteiger partial charge in [-0.25, -0.2) is 15.0 Å². The van der Waals surface area contributed by atoms with Gasteiger partial charge in [0, 0.05) is 19.0 Å². The molecule has 2 fully saturated rings. The highest BCUT2D eigenvalue weighted by Crippen LogP contribution is 3.01. The molecular formula is C20H23F7N6O2S2. The minimum absolute atomic E-state index is 0.0127. The Labute approximate surface area is 209 Å². The molecule has 0 amide bonds. The SMILES string of the molecule is O=[S@@]1CC(F)(F)c2nc(N3CCC(c4ncc(S(F)(F)(F)(F)F)cn4)CC3)nc(NC3(CO)CCC3)c21. The van der Waals surface area contributed by atoms with Crippen LogP contribution in [0.15, 0.2) is 22.2 Å². The molecule has 2 aromatic heterocycles. The second-order valence-corrected chi connectivity index (χ2v) is 13.5. The van der Waals surface area contributed by atoms with Crippen LogP contribution in [0.1, 0.15) is 49.5 Å². The van der Waals surface area contributed by atoms with E-state index in [9.17, 15) is 37.5 Å². The van der Waals surface area contributed by atoms with Crippen molar-refractivity contribution in [1.29, 1.82) is 0 Å². The Kier molecular flexibility index (Phi) is 5.61. The molecule has 2 aromatic rings. The first-order chi connectivity index (χ1) is 17.0. The molecule has 8 nitrogen and oxygen atoms in total. The minimum atomic E-state index is -9.88. The molecule has 37 heavy (non-hydrogen) atoms. The first kappa shape index (κ1) is 26.3. The number of aliphatic hydroxyl groups excluding tert-OH is 1. The summed E-state index contributed by atoms with van der Waals surface area (Å²) in [4.78, 5) is 14.7. The summed E-state index contributed by atoms with van der Waals surface area (Å²) in [5.41, 5.74) is -1.38. The van der Waals surface area contributed by atoms with Crippen LogP contribution < -0.4 is 10.2 Å². The molecule has 0 bridgehead atoms. The lowest BCUT2D eigenvalue weighted by molar-refractivity contribution is 0.0191. The van der Waals surface area contributed by atoms with Gasteiger partial charge in [0.25, 0.3) is 0 Å². The molecule has 3 aliphatic rings. The lowest BCUT2D eigenvalue weighted by Crippen LogP contribution is -2.49. The average Bonchev–Trinajstić information content (AvgIpc) is 3.03. The van der Waals surface area contributed by atoms with Gasteiger partial charge in [0.1, 0.15) is 27.1 Å². The summed E-state index contributed by atoms with van der Waals surface area (Å²) in [6, 6.07) is 0. The van der Waals surface area contributed by atoms with Crippen molar-refractivity contribution in [1.82, 2.24) is 19.9 Å². The highest BCUT2D eigenvalue weighted by Gasteiger charge is 2.66. The van der Waals surface area contributed by atoms with Gasteiger partial charge >= 0.3 is 16.1 Å². The number of fused-ring (bicyclic) bond motifs is 1. The summed E-state index contributed by atoms with van der Waals surface area (Å²) < 4.78 is 106. The van der Waals surface area contributed by atoms with E-state index in [-0.39, 0.29) is 67.4 Å². The molecular weight excluding hydrogens is 553 g/mol. The van der Waals surface area contributed by atoms with Crippen molar-refractivity contribution in [3.8, 4) is 0 Å². The largest absolute Gasteiger partial charge is 0.394 e. The molecule has 2 N–H and O–H groups in total. The van der Waals surface area contributed by atoms with E-state index in [0.29, 0.717) is 12.8 Å². The fourth-order valence-electron chi connectivity index (χ4n) is 4.68. The van der Waals surface area contributed by atoms with Crippen LogP contribution in [0.4, 0.5) is 40.0 Å². The number of hydrogen-bond donors (Lipinski definition) is 2. The number of anilines is 2. The standard InChI is InChI=1S/C20H23F7N6O2S2/c21-20(22)11-36(35)14-15(20)30-18(31-17(14)32-19(10-34)4-1-5-19)33-6-2-12(3-7-33)16-28-8-13(9-29-16)37(23,24,25,26)27/h8-9,12,34H,1-7,10-11H2,(H,30,31,32)/t36-/m1/s1. The molecule has 1 saturated carbocycles. The topological polar surface area (TPSA) is 104 Å². The molecule has 17 heteroatoms. The van der Waals surface area contributed by atoms with Crippen LogP contribution in [0.3, 0.4) is 0 Å². The Hall–Kier alpha value is -2.27. The van der Waals surface area contributed by atoms with Gasteiger partial charge in [-0.2, -0.15) is 13.8 Å². The maximum atomic E-state index is 14.7. The van der Waals surface area contributed by atoms with Gasteiger partial charge in [-0.05, 0) is 32.1 Å². The predicted octanol–water partition coefficient (Wildman–Crippen LogP) is 4.85. The second-order valence-electron chi connectivity index (χ2n) is 9.67. The van der Waals surface area contributed by atoms with E-state index in [1.807, 2.05) is 0 Å². The van der Waals surface area contributed by atoms with E-state index in [2.05, 4.69) is 25.3 Å². The van der Waals surface area contributed by atoms with Crippen molar-refractivity contribution in [3.63, 3.8) is 0 Å². The summed E-state index contributed by atoms with van der Waals surface area (Å²) in [6.07, 6.45) is 2.73. The van der Waals surface area contributed by atoms with Crippen molar-refractivity contribution in [2.45, 2.75) is 59.3 Å². The van der Waals surface area contributed by atoms with Gasteiger partial charge < -0.3 is 15.3 Å². The summed E-state index contributed by atoms with van der Waals surface area (Å²) in [5, 5.41) is 12.8. The van der Waals surface area contributed by atoms with Crippen LogP contribution in [0, 0.1) is 0 Å². The van der Waals surface area contributed by atoms with Gasteiger partial charge in [0.15, 0.2) is 0 Å². The van der Waals surface area contributed by atoms with Gasteiger partial charge in [0.05, 0.1) is 41.1 Å². The first-order valence-corrected chi connectivity index (χ1v) is 14.7. The maximum absolute atomic E-state index is 14.7. The maximum Gasteiger partial charge on any atom is 0.313 e. The summed E-state index contributed by atoms with van der Waals surface area (Å²) in [7, 11) is -11.9. The van der Waals surface area contributed by atoms with E-state index in [0.717, 1.165) is 6.42 Å². The number of hydrogen-bond acceptors (Lipinski definition) is 8. The fourth-order valence-corrected chi connectivity index (χ4v) is 6.52. The molecule has 0 radical (unpaired) electrons. The number of nitrogens with zero attached hydrogens (tertiary/aromatic N) is 5. The molecule has 0 unspecified atom stereocenters. The number of aliphatic hydroxyl groups is 1. The Bertz CT molecular complexity index is 1250. The van der Waals surface area contributed by atoms with E-state index in [1.54, 1.807) is 4.90 Å². The van der Waals surface area contributed by atoms with Crippen molar-refractivity contribution in [2.75, 3.05) is 35.7 Å². The van der Waals surface area contributed by atoms with E-state index >= 15 is 0 Å². The predicted molar refractivity (Wildman–Crippen MR) is 122 cm³/mol. The molecule has 5 rings (SSSR count). The van der Waals surface area contributed by atoms with Gasteiger partial charge in [-0.15, -0.1) is 0 Å². The van der Waals surface area contributed by atoms with Gasteiger partial charge in [0.2, 0.25) is 5.95 Å². The molecule has 206 valence electrons. The first-order valence-electron chi connectivity index (χ1n) is 11.4. The number of rotatable bonds is 6. The molecule has 0 spiro atoms. The van der Waals surface area contributed by atoms with E-state index in [1.165, 1.54) is 0 Å². The van der Waals surface area contributed by atoms with E-state index in [4.69, 9.17) is 0 Å². The van der Waals surface area contributed by atoms with Crippen molar-refractivity contribution >= 4 is 32.8 Å². The molecule has 0 aromatic carbocycles. The van der Waals surface area contributed by atoms with E-state index < -0.39 is 54.7 Å². The lowest BCUT2D eigenvalue weighted by atomic mass is 9.77. The zero-order valence-corrected chi connectivity index (χ0v) is 20.8. The zero-order chi connectivity index (χ0) is 26.9. The summed E-state index contributed by atoms with van der Waals surface area (Å²) in [6.45, 7) is 0.154. The fraction of sp³-hybridized carbons (Fsp3) is 0.600. The highest BCUT2D eigenvalue weighted by molar-refractivity contribution is 8.45. The number of piperidine rings is 1. The molecule has 4 heterocycles. The summed E-state index contributed by atoms with van der Waals surface area (Å²) >= 11 is 0. The van der Waals surface area contributed by atoms with Crippen LogP contribution in [0.2, 0.25) is 0 Å². The lowest BCUT2D eigenvalue weighted by Gasteiger charge is -2.42. The Balaban J connectivity index is 1.37. The van der Waals surface area contributed by atoms with Crippen LogP contribution >= 0.6 is 10.2 Å². The normalized spacial score (nSPS) is 25.1. The second kappa shape index (κ2) is 7.88. The van der Waals surface area contributed by atoms with Crippen molar-refractivity contribution in [3.05, 3.63) is 23.9 Å². The number of alkyl halides is 2. The third-order valence-corrected chi connectivity index (χ3v) is 9.54. The molecule has 2 aliphatic heterocycles. The Morgan fingerprint density at radius 3 is 2.22 bits per heavy atom. The smallest absolute Gasteiger partial charge is 0.313 e. The van der Waals surface area contributed by atoms with Crippen LogP contribution in [-0.2, 0) is 16.7 Å². The zero-order valence-electron chi connectivity index (χ0n) is 19.1. The molecule has 1 aliphatic carbocycles. The Morgan fingerprint density at radius 2 is 1.70 bits per heavy atom. The Morgan fingerprint density at radius 1 is 1.08 bits per heavy atom. The van der Waals surface area contributed by atoms with Crippen LogP contribution in [0.25, 0.3) is 0 Å². The van der Waals surface area contributed by atoms with Crippen LogP contribution in [-0.4, -0.2) is 60.2 Å². The van der Waals surface area contributed by atoms with Crippen LogP contribution in [0.5, 0.6) is 0 Å². The van der Waals surface area contributed by atoms with Crippen molar-refractivity contribution in [2.24, 2.45) is 0 Å². The molecule has 1 atom stereocenters. The average molecular weight is 577 g/mol. The number of nitrogens with one attached hydrogen (secondary N) is 1. The third kappa shape index (κ3) is 4.96. The van der Waals surface area contributed by atoms with Gasteiger partial charge in [-0.3, -0.25) is 4.21 Å². The molecule has 1 saturated heterocycles. The minimum Gasteiger partial charge on any atom is -0.394 e. The quantitative estimate of drug-likeness (QED) is 0.471.